The number of hydrogen-bond acceptors (Lipinski definition) is 5. The molecular weight excluding hydrogens is 258 g/mol. The van der Waals surface area contributed by atoms with Gasteiger partial charge >= 0.3 is 5.97 Å². The Morgan fingerprint density at radius 3 is 3.08 bits per heavy atom. The molecule has 0 aliphatic rings. The molecule has 0 amide bonds. The fourth-order valence-corrected chi connectivity index (χ4v) is 1.83. The Bertz CT molecular complexity index is 302. The van der Waals surface area contributed by atoms with E-state index in [-0.39, 0.29) is 6.42 Å². The second kappa shape index (κ2) is 4.69. The third-order valence-corrected chi connectivity index (χ3v) is 2.81. The van der Waals surface area contributed by atoms with Crippen molar-refractivity contribution in [3.05, 3.63) is 15.0 Å². The molecule has 1 atom stereocenters. The van der Waals surface area contributed by atoms with Crippen molar-refractivity contribution in [3.63, 3.8) is 0 Å². The standard InChI is InChI=1S/C7H8BrNO3S/c1-12-6(11)2-5(10)4-3-13-7(8)9-4/h3,5,10H,2H2,1H3/t5-/m1/s1. The predicted molar refractivity (Wildman–Crippen MR) is 51.4 cm³/mol. The maximum absolute atomic E-state index is 10.8. The van der Waals surface area contributed by atoms with Crippen LogP contribution in [0.1, 0.15) is 18.2 Å². The van der Waals surface area contributed by atoms with Crippen molar-refractivity contribution >= 4 is 33.2 Å². The van der Waals surface area contributed by atoms with E-state index >= 15 is 0 Å². The minimum atomic E-state index is -0.880. The third kappa shape index (κ3) is 3.06. The van der Waals surface area contributed by atoms with Crippen LogP contribution in [0.4, 0.5) is 0 Å². The molecular formula is C7H8BrNO3S. The number of thiazole rings is 1. The fraction of sp³-hybridized carbons (Fsp3) is 0.429. The molecule has 4 nitrogen and oxygen atoms in total. The Morgan fingerprint density at radius 1 is 1.92 bits per heavy atom. The van der Waals surface area contributed by atoms with E-state index in [1.54, 1.807) is 5.38 Å². The lowest BCUT2D eigenvalue weighted by Crippen LogP contribution is -2.08. The van der Waals surface area contributed by atoms with Crippen molar-refractivity contribution in [1.82, 2.24) is 4.98 Å². The van der Waals surface area contributed by atoms with E-state index < -0.39 is 12.1 Å². The normalized spacial score (nSPS) is 12.5. The number of aliphatic hydroxyl groups is 1. The second-order valence-electron chi connectivity index (χ2n) is 2.32. The SMILES string of the molecule is COC(=O)C[C@@H](O)c1csc(Br)n1. The van der Waals surface area contributed by atoms with Crippen LogP contribution in [0, 0.1) is 0 Å². The van der Waals surface area contributed by atoms with Crippen LogP contribution >= 0.6 is 27.3 Å². The van der Waals surface area contributed by atoms with E-state index in [9.17, 15) is 9.90 Å². The topological polar surface area (TPSA) is 59.4 Å². The van der Waals surface area contributed by atoms with Gasteiger partial charge < -0.3 is 9.84 Å². The van der Waals surface area contributed by atoms with Crippen LogP contribution in [-0.2, 0) is 9.53 Å². The fourth-order valence-electron chi connectivity index (χ4n) is 0.762. The lowest BCUT2D eigenvalue weighted by Gasteiger charge is -2.04. The van der Waals surface area contributed by atoms with Crippen LogP contribution in [0.25, 0.3) is 0 Å². The second-order valence-corrected chi connectivity index (χ2v) is 4.46. The molecule has 0 saturated heterocycles. The average Bonchev–Trinajstić information content (AvgIpc) is 2.51. The molecule has 0 bridgehead atoms. The van der Waals surface area contributed by atoms with Gasteiger partial charge in [-0.3, -0.25) is 4.79 Å². The lowest BCUT2D eigenvalue weighted by atomic mass is 10.2. The molecule has 1 rings (SSSR count). The zero-order valence-electron chi connectivity index (χ0n) is 6.86. The number of aromatic nitrogens is 1. The van der Waals surface area contributed by atoms with Crippen LogP contribution in [0.2, 0.25) is 0 Å². The Labute approximate surface area is 87.7 Å². The van der Waals surface area contributed by atoms with Crippen LogP contribution in [0.5, 0.6) is 0 Å². The van der Waals surface area contributed by atoms with Crippen LogP contribution in [-0.4, -0.2) is 23.2 Å². The number of methoxy groups -OCH3 is 1. The molecule has 0 fully saturated rings. The number of carbonyl (C=O) groups excluding carboxylic acids is 1. The van der Waals surface area contributed by atoms with Gasteiger partial charge in [0.15, 0.2) is 3.92 Å². The van der Waals surface area contributed by atoms with Crippen molar-refractivity contribution in [2.24, 2.45) is 0 Å². The summed E-state index contributed by atoms with van der Waals surface area (Å²) in [6, 6.07) is 0. The molecule has 0 aliphatic carbocycles. The highest BCUT2D eigenvalue weighted by Crippen LogP contribution is 2.22. The molecule has 1 aromatic heterocycles. The largest absolute Gasteiger partial charge is 0.469 e. The van der Waals surface area contributed by atoms with Crippen LogP contribution < -0.4 is 0 Å². The number of aliphatic hydroxyl groups excluding tert-OH is 1. The smallest absolute Gasteiger partial charge is 0.308 e. The molecule has 0 aliphatic heterocycles. The number of nitrogens with zero attached hydrogens (tertiary/aromatic N) is 1. The number of hydrogen-bond donors (Lipinski definition) is 1. The van der Waals surface area contributed by atoms with Gasteiger partial charge in [0.2, 0.25) is 0 Å². The van der Waals surface area contributed by atoms with E-state index in [1.165, 1.54) is 18.4 Å². The lowest BCUT2D eigenvalue weighted by molar-refractivity contribution is -0.142. The molecule has 13 heavy (non-hydrogen) atoms. The number of halogens is 1. The summed E-state index contributed by atoms with van der Waals surface area (Å²) in [5, 5.41) is 11.2. The molecule has 0 aromatic carbocycles. The van der Waals surface area contributed by atoms with E-state index in [2.05, 4.69) is 25.7 Å². The van der Waals surface area contributed by atoms with Gasteiger partial charge in [-0.05, 0) is 15.9 Å². The summed E-state index contributed by atoms with van der Waals surface area (Å²) in [6.07, 6.45) is -0.942. The summed E-state index contributed by atoms with van der Waals surface area (Å²) in [7, 11) is 1.28. The Balaban J connectivity index is 2.58. The first kappa shape index (κ1) is 10.6. The van der Waals surface area contributed by atoms with Crippen molar-refractivity contribution in [1.29, 1.82) is 0 Å². The van der Waals surface area contributed by atoms with Crippen LogP contribution in [0.15, 0.2) is 9.30 Å². The van der Waals surface area contributed by atoms with Crippen molar-refractivity contribution in [2.45, 2.75) is 12.5 Å². The van der Waals surface area contributed by atoms with Gasteiger partial charge in [0, 0.05) is 5.38 Å². The van der Waals surface area contributed by atoms with Gasteiger partial charge in [0.05, 0.1) is 19.2 Å². The number of rotatable bonds is 3. The van der Waals surface area contributed by atoms with E-state index in [0.717, 1.165) is 0 Å². The minimum absolute atomic E-state index is 0.0628. The maximum atomic E-state index is 10.8. The molecule has 6 heteroatoms. The average molecular weight is 266 g/mol. The van der Waals surface area contributed by atoms with Gasteiger partial charge in [0.25, 0.3) is 0 Å². The summed E-state index contributed by atoms with van der Waals surface area (Å²) in [5.74, 6) is -0.448. The zero-order chi connectivity index (χ0) is 9.84. The zero-order valence-corrected chi connectivity index (χ0v) is 9.26. The predicted octanol–water partition coefficient (Wildman–Crippen LogP) is 1.50. The molecule has 1 heterocycles. The van der Waals surface area contributed by atoms with Gasteiger partial charge in [-0.25, -0.2) is 4.98 Å². The van der Waals surface area contributed by atoms with Crippen molar-refractivity contribution in [2.75, 3.05) is 7.11 Å². The van der Waals surface area contributed by atoms with E-state index in [0.29, 0.717) is 9.61 Å². The Hall–Kier alpha value is -0.460. The first-order chi connectivity index (χ1) is 6.13. The monoisotopic (exact) mass is 265 g/mol. The molecule has 0 spiro atoms. The maximum Gasteiger partial charge on any atom is 0.308 e. The van der Waals surface area contributed by atoms with Crippen molar-refractivity contribution in [3.8, 4) is 0 Å². The van der Waals surface area contributed by atoms with Gasteiger partial charge in [-0.1, -0.05) is 0 Å². The van der Waals surface area contributed by atoms with Crippen LogP contribution in [0.3, 0.4) is 0 Å². The third-order valence-electron chi connectivity index (χ3n) is 1.42. The molecule has 1 N–H and O–H groups in total. The summed E-state index contributed by atoms with van der Waals surface area (Å²) >= 11 is 4.52. The first-order valence-electron chi connectivity index (χ1n) is 3.49. The summed E-state index contributed by atoms with van der Waals surface area (Å²) in [4.78, 5) is 14.8. The first-order valence-corrected chi connectivity index (χ1v) is 5.16. The van der Waals surface area contributed by atoms with Gasteiger partial charge in [-0.15, -0.1) is 11.3 Å². The highest BCUT2D eigenvalue weighted by Gasteiger charge is 2.15. The van der Waals surface area contributed by atoms with E-state index in [4.69, 9.17) is 0 Å². The van der Waals surface area contributed by atoms with Gasteiger partial charge in [-0.2, -0.15) is 0 Å². The van der Waals surface area contributed by atoms with Crippen molar-refractivity contribution < 1.29 is 14.6 Å². The van der Waals surface area contributed by atoms with E-state index in [1.807, 2.05) is 0 Å². The molecule has 0 unspecified atom stereocenters. The summed E-state index contributed by atoms with van der Waals surface area (Å²) < 4.78 is 5.10. The molecule has 0 saturated carbocycles. The minimum Gasteiger partial charge on any atom is -0.469 e. The molecule has 72 valence electrons. The Morgan fingerprint density at radius 2 is 2.62 bits per heavy atom. The molecule has 0 radical (unpaired) electrons. The number of ether oxygens (including phenoxy) is 1. The quantitative estimate of drug-likeness (QED) is 0.842. The molecule has 1 aromatic rings. The highest BCUT2D eigenvalue weighted by molar-refractivity contribution is 9.11. The Kier molecular flexibility index (Phi) is 3.83. The van der Waals surface area contributed by atoms with Gasteiger partial charge in [0.1, 0.15) is 6.10 Å². The summed E-state index contributed by atoms with van der Waals surface area (Å²) in [5.41, 5.74) is 0.488. The number of esters is 1. The highest BCUT2D eigenvalue weighted by atomic mass is 79.9. The number of carbonyl (C=O) groups is 1. The summed E-state index contributed by atoms with van der Waals surface area (Å²) in [6.45, 7) is 0.